The molecule has 0 radical (unpaired) electrons. The van der Waals surface area contributed by atoms with Gasteiger partial charge >= 0.3 is 5.97 Å². The van der Waals surface area contributed by atoms with E-state index < -0.39 is 12.0 Å². The third-order valence-electron chi connectivity index (χ3n) is 4.79. The molecule has 1 fully saturated rings. The predicted molar refractivity (Wildman–Crippen MR) is 79.3 cm³/mol. The summed E-state index contributed by atoms with van der Waals surface area (Å²) in [4.78, 5) is 25.5. The van der Waals surface area contributed by atoms with Gasteiger partial charge in [-0.15, -0.1) is 0 Å². The minimum Gasteiger partial charge on any atom is -0.480 e. The van der Waals surface area contributed by atoms with Gasteiger partial charge in [-0.1, -0.05) is 27.2 Å². The first-order chi connectivity index (χ1) is 9.29. The molecule has 4 unspecified atom stereocenters. The van der Waals surface area contributed by atoms with E-state index in [2.05, 4.69) is 20.8 Å². The molecule has 0 bridgehead atoms. The standard InChI is InChI=1S/C16H29NO3/c1-6-17(12(5)16(19)20)15(18)14-9-11(4)7-8-13(14)10(2)3/h10-14H,6-9H2,1-5H3,(H,19,20). The maximum Gasteiger partial charge on any atom is 0.326 e. The lowest BCUT2D eigenvalue weighted by Crippen LogP contribution is -2.49. The minimum atomic E-state index is -0.926. The summed E-state index contributed by atoms with van der Waals surface area (Å²) >= 11 is 0. The van der Waals surface area contributed by atoms with Crippen LogP contribution in [0.25, 0.3) is 0 Å². The largest absolute Gasteiger partial charge is 0.480 e. The lowest BCUT2D eigenvalue weighted by Gasteiger charge is -2.39. The van der Waals surface area contributed by atoms with Crippen LogP contribution in [0.5, 0.6) is 0 Å². The monoisotopic (exact) mass is 283 g/mol. The number of carboxylic acid groups (broad SMARTS) is 1. The topological polar surface area (TPSA) is 57.6 Å². The van der Waals surface area contributed by atoms with E-state index in [-0.39, 0.29) is 11.8 Å². The van der Waals surface area contributed by atoms with Crippen LogP contribution in [0.15, 0.2) is 0 Å². The molecular formula is C16H29NO3. The fraction of sp³-hybridized carbons (Fsp3) is 0.875. The third-order valence-corrected chi connectivity index (χ3v) is 4.79. The normalized spacial score (nSPS) is 28.2. The fourth-order valence-corrected chi connectivity index (χ4v) is 3.45. The van der Waals surface area contributed by atoms with E-state index in [4.69, 9.17) is 5.11 Å². The summed E-state index contributed by atoms with van der Waals surface area (Å²) in [6.07, 6.45) is 3.14. The molecule has 0 heterocycles. The number of nitrogens with zero attached hydrogens (tertiary/aromatic N) is 1. The summed E-state index contributed by atoms with van der Waals surface area (Å²) in [5, 5.41) is 9.16. The number of amides is 1. The van der Waals surface area contributed by atoms with Crippen LogP contribution >= 0.6 is 0 Å². The number of hydrogen-bond donors (Lipinski definition) is 1. The fourth-order valence-electron chi connectivity index (χ4n) is 3.45. The van der Waals surface area contributed by atoms with Gasteiger partial charge in [0, 0.05) is 12.5 Å². The van der Waals surface area contributed by atoms with E-state index >= 15 is 0 Å². The summed E-state index contributed by atoms with van der Waals surface area (Å²) in [6.45, 7) is 10.4. The molecule has 1 aliphatic rings. The second-order valence-corrected chi connectivity index (χ2v) is 6.57. The lowest BCUT2D eigenvalue weighted by atomic mass is 9.69. The van der Waals surface area contributed by atoms with E-state index in [1.165, 1.54) is 11.3 Å². The van der Waals surface area contributed by atoms with Crippen LogP contribution in [0.4, 0.5) is 0 Å². The predicted octanol–water partition coefficient (Wildman–Crippen LogP) is 3.02. The first kappa shape index (κ1) is 17.0. The molecule has 0 spiro atoms. The van der Waals surface area contributed by atoms with Crippen molar-refractivity contribution in [3.05, 3.63) is 0 Å². The van der Waals surface area contributed by atoms with E-state index in [9.17, 15) is 9.59 Å². The Hall–Kier alpha value is -1.06. The van der Waals surface area contributed by atoms with Crippen molar-refractivity contribution in [1.29, 1.82) is 0 Å². The SMILES string of the molecule is CCN(C(=O)C1CC(C)CCC1C(C)C)C(C)C(=O)O. The molecule has 4 nitrogen and oxygen atoms in total. The minimum absolute atomic E-state index is 0.0134. The van der Waals surface area contributed by atoms with Gasteiger partial charge in [0.25, 0.3) is 0 Å². The van der Waals surface area contributed by atoms with Crippen molar-refractivity contribution in [2.75, 3.05) is 6.54 Å². The summed E-state index contributed by atoms with van der Waals surface area (Å²) in [7, 11) is 0. The lowest BCUT2D eigenvalue weighted by molar-refractivity contribution is -0.153. The highest BCUT2D eigenvalue weighted by atomic mass is 16.4. The number of rotatable bonds is 5. The van der Waals surface area contributed by atoms with Crippen LogP contribution in [-0.4, -0.2) is 34.5 Å². The zero-order valence-electron chi connectivity index (χ0n) is 13.4. The Labute approximate surface area is 122 Å². The van der Waals surface area contributed by atoms with E-state index in [1.54, 1.807) is 6.92 Å². The second kappa shape index (κ2) is 7.09. The molecule has 116 valence electrons. The Morgan fingerprint density at radius 1 is 1.25 bits per heavy atom. The van der Waals surface area contributed by atoms with E-state index in [0.717, 1.165) is 12.8 Å². The Bertz CT molecular complexity index is 354. The molecule has 1 rings (SSSR count). The highest BCUT2D eigenvalue weighted by Gasteiger charge is 2.39. The highest BCUT2D eigenvalue weighted by molar-refractivity contribution is 5.85. The van der Waals surface area contributed by atoms with Crippen molar-refractivity contribution >= 4 is 11.9 Å². The Kier molecular flexibility index (Phi) is 6.03. The molecule has 0 aromatic carbocycles. The molecule has 4 atom stereocenters. The molecule has 1 N–H and O–H groups in total. The van der Waals surface area contributed by atoms with E-state index in [0.29, 0.717) is 24.3 Å². The molecule has 0 aromatic heterocycles. The van der Waals surface area contributed by atoms with E-state index in [1.807, 2.05) is 6.92 Å². The Balaban J connectivity index is 2.92. The number of aliphatic carboxylic acids is 1. The van der Waals surface area contributed by atoms with Crippen LogP contribution in [0.3, 0.4) is 0 Å². The summed E-state index contributed by atoms with van der Waals surface area (Å²) in [6, 6.07) is -0.738. The van der Waals surface area contributed by atoms with Gasteiger partial charge in [0.15, 0.2) is 0 Å². The number of carbonyl (C=O) groups excluding carboxylic acids is 1. The first-order valence-electron chi connectivity index (χ1n) is 7.82. The molecule has 20 heavy (non-hydrogen) atoms. The molecule has 1 saturated carbocycles. The maximum absolute atomic E-state index is 12.8. The van der Waals surface area contributed by atoms with Gasteiger partial charge in [0.2, 0.25) is 5.91 Å². The molecule has 4 heteroatoms. The van der Waals surface area contributed by atoms with Gasteiger partial charge in [-0.2, -0.15) is 0 Å². The van der Waals surface area contributed by atoms with Gasteiger partial charge in [-0.25, -0.2) is 4.79 Å². The molecule has 1 aliphatic carbocycles. The van der Waals surface area contributed by atoms with Crippen molar-refractivity contribution in [2.24, 2.45) is 23.7 Å². The zero-order chi connectivity index (χ0) is 15.4. The number of carboxylic acids is 1. The Morgan fingerprint density at radius 2 is 1.85 bits per heavy atom. The average molecular weight is 283 g/mol. The summed E-state index contributed by atoms with van der Waals surface area (Å²) in [5.74, 6) is 0.500. The Morgan fingerprint density at radius 3 is 2.30 bits per heavy atom. The maximum atomic E-state index is 12.8. The quantitative estimate of drug-likeness (QED) is 0.843. The van der Waals surface area contributed by atoms with Crippen molar-refractivity contribution in [2.45, 2.75) is 59.9 Å². The van der Waals surface area contributed by atoms with Gasteiger partial charge in [0.1, 0.15) is 6.04 Å². The average Bonchev–Trinajstić information content (AvgIpc) is 2.38. The van der Waals surface area contributed by atoms with Crippen LogP contribution < -0.4 is 0 Å². The number of hydrogen-bond acceptors (Lipinski definition) is 2. The smallest absolute Gasteiger partial charge is 0.326 e. The number of likely N-dealkylation sites (N-methyl/N-ethyl adjacent to an activating group) is 1. The molecule has 0 saturated heterocycles. The van der Waals surface area contributed by atoms with Gasteiger partial charge in [-0.05, 0) is 44.4 Å². The molecule has 0 aliphatic heterocycles. The van der Waals surface area contributed by atoms with Crippen LogP contribution in [0, 0.1) is 23.7 Å². The van der Waals surface area contributed by atoms with Crippen molar-refractivity contribution in [3.8, 4) is 0 Å². The van der Waals surface area contributed by atoms with Crippen molar-refractivity contribution in [1.82, 2.24) is 4.90 Å². The number of carbonyl (C=O) groups is 2. The summed E-state index contributed by atoms with van der Waals surface area (Å²) in [5.41, 5.74) is 0. The molecule has 0 aromatic rings. The second-order valence-electron chi connectivity index (χ2n) is 6.57. The first-order valence-corrected chi connectivity index (χ1v) is 7.82. The van der Waals surface area contributed by atoms with Gasteiger partial charge < -0.3 is 10.0 Å². The molecular weight excluding hydrogens is 254 g/mol. The van der Waals surface area contributed by atoms with Crippen molar-refractivity contribution < 1.29 is 14.7 Å². The molecule has 1 amide bonds. The van der Waals surface area contributed by atoms with Crippen LogP contribution in [0.2, 0.25) is 0 Å². The highest BCUT2D eigenvalue weighted by Crippen LogP contribution is 2.39. The third kappa shape index (κ3) is 3.74. The van der Waals surface area contributed by atoms with Crippen molar-refractivity contribution in [3.63, 3.8) is 0 Å². The van der Waals surface area contributed by atoms with Crippen LogP contribution in [0.1, 0.15) is 53.9 Å². The van der Waals surface area contributed by atoms with Gasteiger partial charge in [-0.3, -0.25) is 4.79 Å². The van der Waals surface area contributed by atoms with Crippen LogP contribution in [-0.2, 0) is 9.59 Å². The zero-order valence-corrected chi connectivity index (χ0v) is 13.4. The summed E-state index contributed by atoms with van der Waals surface area (Å²) < 4.78 is 0. The van der Waals surface area contributed by atoms with Gasteiger partial charge in [0.05, 0.1) is 0 Å².